The van der Waals surface area contributed by atoms with E-state index in [0.29, 0.717) is 16.3 Å². The number of aromatic nitrogens is 1. The Morgan fingerprint density at radius 2 is 1.96 bits per heavy atom. The van der Waals surface area contributed by atoms with Gasteiger partial charge in [0, 0.05) is 17.1 Å². The quantitative estimate of drug-likeness (QED) is 0.516. The molecule has 138 valence electrons. The van der Waals surface area contributed by atoms with Crippen LogP contribution in [0.2, 0.25) is 0 Å². The van der Waals surface area contributed by atoms with Crippen molar-refractivity contribution < 1.29 is 8.42 Å². The molecule has 0 unspecified atom stereocenters. The molecule has 1 aromatic carbocycles. The predicted octanol–water partition coefficient (Wildman–Crippen LogP) is 4.88. The third kappa shape index (κ3) is 4.78. The molecule has 0 atom stereocenters. The maximum absolute atomic E-state index is 11.8. The molecule has 0 N–H and O–H groups in total. The average Bonchev–Trinajstić information content (AvgIpc) is 3.23. The maximum Gasteiger partial charge on any atom is 0.150 e. The maximum atomic E-state index is 11.8. The third-order valence-corrected chi connectivity index (χ3v) is 7.86. The second-order valence-electron chi connectivity index (χ2n) is 5.78. The van der Waals surface area contributed by atoms with Crippen molar-refractivity contribution in [2.45, 2.75) is 11.9 Å². The molecule has 0 saturated carbocycles. The van der Waals surface area contributed by atoms with Crippen LogP contribution < -0.4 is 0 Å². The Morgan fingerprint density at radius 3 is 2.59 bits per heavy atom. The minimum Gasteiger partial charge on any atom is -0.239 e. The minimum atomic E-state index is -3.05. The molecule has 4 nitrogen and oxygen atoms in total. The smallest absolute Gasteiger partial charge is 0.150 e. The highest BCUT2D eigenvalue weighted by molar-refractivity contribution is 8.00. The van der Waals surface area contributed by atoms with E-state index >= 15 is 0 Å². The van der Waals surface area contributed by atoms with Gasteiger partial charge in [0.2, 0.25) is 0 Å². The van der Waals surface area contributed by atoms with Gasteiger partial charge in [0.15, 0.2) is 9.84 Å². The first-order valence-electron chi connectivity index (χ1n) is 8.41. The summed E-state index contributed by atoms with van der Waals surface area (Å²) >= 11 is 2.91. The highest BCUT2D eigenvalue weighted by Gasteiger charge is 2.17. The van der Waals surface area contributed by atoms with Gasteiger partial charge in [-0.2, -0.15) is 5.26 Å². The molecule has 0 amide bonds. The molecule has 0 radical (unpaired) electrons. The van der Waals surface area contributed by atoms with E-state index in [4.69, 9.17) is 0 Å². The van der Waals surface area contributed by atoms with Crippen LogP contribution in [0, 0.1) is 11.3 Å². The predicted molar refractivity (Wildman–Crippen MR) is 113 cm³/mol. The van der Waals surface area contributed by atoms with Crippen LogP contribution in [0.1, 0.15) is 12.5 Å². The highest BCUT2D eigenvalue weighted by Crippen LogP contribution is 2.35. The van der Waals surface area contributed by atoms with E-state index < -0.39 is 9.84 Å². The van der Waals surface area contributed by atoms with Crippen molar-refractivity contribution in [2.75, 3.05) is 17.3 Å². The Kier molecular flexibility index (Phi) is 6.32. The lowest BCUT2D eigenvalue weighted by Crippen LogP contribution is -2.10. The number of benzene rings is 1. The van der Waals surface area contributed by atoms with E-state index in [1.54, 1.807) is 18.3 Å². The van der Waals surface area contributed by atoms with Crippen LogP contribution in [0.15, 0.2) is 58.9 Å². The van der Waals surface area contributed by atoms with Gasteiger partial charge in [-0.15, -0.1) is 23.1 Å². The summed E-state index contributed by atoms with van der Waals surface area (Å²) < 4.78 is 23.6. The molecule has 0 aliphatic rings. The number of sulfone groups is 1. The van der Waals surface area contributed by atoms with Crippen molar-refractivity contribution in [3.63, 3.8) is 0 Å². The highest BCUT2D eigenvalue weighted by atomic mass is 32.2. The van der Waals surface area contributed by atoms with E-state index in [1.807, 2.05) is 53.9 Å². The van der Waals surface area contributed by atoms with Gasteiger partial charge in [0.1, 0.15) is 11.1 Å². The van der Waals surface area contributed by atoms with Crippen LogP contribution in [0.3, 0.4) is 0 Å². The first-order valence-corrected chi connectivity index (χ1v) is 12.1. The number of pyridine rings is 1. The van der Waals surface area contributed by atoms with Crippen LogP contribution in [-0.4, -0.2) is 30.7 Å². The molecule has 2 heterocycles. The topological polar surface area (TPSA) is 70.8 Å². The fourth-order valence-electron chi connectivity index (χ4n) is 2.54. The average molecular weight is 415 g/mol. The lowest BCUT2D eigenvalue weighted by atomic mass is 10.0. The number of nitrogens with zero attached hydrogens (tertiary/aromatic N) is 2. The van der Waals surface area contributed by atoms with Gasteiger partial charge in [0.05, 0.1) is 21.9 Å². The van der Waals surface area contributed by atoms with Crippen molar-refractivity contribution in [2.24, 2.45) is 0 Å². The van der Waals surface area contributed by atoms with Gasteiger partial charge < -0.3 is 0 Å². The molecular formula is C20H18N2O2S3. The van der Waals surface area contributed by atoms with Gasteiger partial charge in [-0.05, 0) is 23.1 Å². The molecule has 3 aromatic rings. The summed E-state index contributed by atoms with van der Waals surface area (Å²) in [4.78, 5) is 5.69. The summed E-state index contributed by atoms with van der Waals surface area (Å²) in [6, 6.07) is 17.9. The van der Waals surface area contributed by atoms with Crippen molar-refractivity contribution in [1.82, 2.24) is 4.98 Å². The molecule has 0 aliphatic heterocycles. The van der Waals surface area contributed by atoms with Crippen LogP contribution >= 0.6 is 23.1 Å². The SMILES string of the molecule is CCS(=O)(=O)CCSc1nc(-c2cccs2)cc(-c2ccccc2)c1C#N. The van der Waals surface area contributed by atoms with E-state index in [2.05, 4.69) is 11.1 Å². The normalized spacial score (nSPS) is 11.3. The van der Waals surface area contributed by atoms with Crippen LogP contribution in [-0.2, 0) is 9.84 Å². The van der Waals surface area contributed by atoms with Gasteiger partial charge >= 0.3 is 0 Å². The first-order chi connectivity index (χ1) is 13.0. The Hall–Kier alpha value is -2.14. The van der Waals surface area contributed by atoms with Crippen LogP contribution in [0.4, 0.5) is 0 Å². The number of hydrogen-bond acceptors (Lipinski definition) is 6. The third-order valence-electron chi connectivity index (χ3n) is 4.03. The molecule has 7 heteroatoms. The summed E-state index contributed by atoms with van der Waals surface area (Å²) in [7, 11) is -3.05. The van der Waals surface area contributed by atoms with Gasteiger partial charge in [0.25, 0.3) is 0 Å². The molecule has 2 aromatic heterocycles. The molecule has 0 bridgehead atoms. The molecule has 0 spiro atoms. The standard InChI is InChI=1S/C20H18N2O2S3/c1-2-27(23,24)12-11-26-20-17(14-21)16(15-7-4-3-5-8-15)13-18(22-20)19-9-6-10-25-19/h3-10,13H,2,11-12H2,1H3. The number of thiophene rings is 1. The molecule has 0 aliphatic carbocycles. The zero-order valence-electron chi connectivity index (χ0n) is 14.8. The number of rotatable bonds is 7. The van der Waals surface area contributed by atoms with Crippen LogP contribution in [0.5, 0.6) is 0 Å². The molecular weight excluding hydrogens is 396 g/mol. The number of hydrogen-bond donors (Lipinski definition) is 0. The summed E-state index contributed by atoms with van der Waals surface area (Å²) in [6.07, 6.45) is 0. The largest absolute Gasteiger partial charge is 0.239 e. The lowest BCUT2D eigenvalue weighted by molar-refractivity contribution is 0.599. The second-order valence-corrected chi connectivity index (χ2v) is 10.3. The van der Waals surface area contributed by atoms with Crippen molar-refractivity contribution >= 4 is 32.9 Å². The summed E-state index contributed by atoms with van der Waals surface area (Å²) in [5, 5.41) is 12.3. The van der Waals surface area contributed by atoms with Crippen LogP contribution in [0.25, 0.3) is 21.7 Å². The molecule has 0 saturated heterocycles. The second kappa shape index (κ2) is 8.70. The zero-order chi connectivity index (χ0) is 19.3. The fourth-order valence-corrected chi connectivity index (χ4v) is 5.52. The van der Waals surface area contributed by atoms with Crippen molar-refractivity contribution in [1.29, 1.82) is 5.26 Å². The molecule has 27 heavy (non-hydrogen) atoms. The van der Waals surface area contributed by atoms with Gasteiger partial charge in [-0.25, -0.2) is 13.4 Å². The van der Waals surface area contributed by atoms with Gasteiger partial charge in [-0.1, -0.05) is 43.3 Å². The van der Waals surface area contributed by atoms with E-state index in [-0.39, 0.29) is 11.5 Å². The van der Waals surface area contributed by atoms with Crippen molar-refractivity contribution in [3.8, 4) is 27.8 Å². The number of thioether (sulfide) groups is 1. The lowest BCUT2D eigenvalue weighted by Gasteiger charge is -2.12. The van der Waals surface area contributed by atoms with E-state index in [1.165, 1.54) is 11.8 Å². The Bertz CT molecular complexity index is 1050. The summed E-state index contributed by atoms with van der Waals surface area (Å²) in [5.41, 5.74) is 3.04. The van der Waals surface area contributed by atoms with E-state index in [0.717, 1.165) is 21.7 Å². The first kappa shape index (κ1) is 19.6. The number of nitriles is 1. The Labute approximate surface area is 167 Å². The molecule has 3 rings (SSSR count). The fraction of sp³-hybridized carbons (Fsp3) is 0.200. The van der Waals surface area contributed by atoms with E-state index in [9.17, 15) is 13.7 Å². The molecule has 0 fully saturated rings. The Morgan fingerprint density at radius 1 is 1.19 bits per heavy atom. The van der Waals surface area contributed by atoms with Gasteiger partial charge in [-0.3, -0.25) is 0 Å². The van der Waals surface area contributed by atoms with Crippen molar-refractivity contribution in [3.05, 3.63) is 59.5 Å². The Balaban J connectivity index is 2.05. The monoisotopic (exact) mass is 414 g/mol. The summed E-state index contributed by atoms with van der Waals surface area (Å²) in [5.74, 6) is 0.571. The summed E-state index contributed by atoms with van der Waals surface area (Å²) in [6.45, 7) is 1.64. The zero-order valence-corrected chi connectivity index (χ0v) is 17.2. The minimum absolute atomic E-state index is 0.0740.